The molecule has 1 aliphatic carbocycles. The van der Waals surface area contributed by atoms with Crippen molar-refractivity contribution >= 4 is 29.0 Å². The molecule has 2 amide bonds. The van der Waals surface area contributed by atoms with E-state index in [2.05, 4.69) is 22.9 Å². The first-order chi connectivity index (χ1) is 6.43. The van der Waals surface area contributed by atoms with Gasteiger partial charge in [0, 0.05) is 5.54 Å². The Morgan fingerprint density at radius 2 is 2.00 bits per heavy atom. The van der Waals surface area contributed by atoms with E-state index in [1.54, 1.807) is 0 Å². The number of thiocarbonyl (C=S) groups is 1. The molecule has 0 atom stereocenters. The number of rotatable bonds is 3. The predicted molar refractivity (Wildman–Crippen MR) is 55.6 cm³/mol. The fourth-order valence-corrected chi connectivity index (χ4v) is 0.963. The Morgan fingerprint density at radius 3 is 2.43 bits per heavy atom. The summed E-state index contributed by atoms with van der Waals surface area (Å²) in [5.74, 6) is -1.31. The fraction of sp³-hybridized carbons (Fsp3) is 0.625. The number of nitrogens with one attached hydrogen (secondary N) is 2. The summed E-state index contributed by atoms with van der Waals surface area (Å²) >= 11 is 4.55. The average molecular weight is 215 g/mol. The summed E-state index contributed by atoms with van der Waals surface area (Å²) < 4.78 is 0. The lowest BCUT2D eigenvalue weighted by Crippen LogP contribution is -2.46. The molecule has 1 saturated carbocycles. The minimum Gasteiger partial charge on any atom is -0.392 e. The molecule has 78 valence electrons. The third-order valence-electron chi connectivity index (χ3n) is 2.04. The number of carbonyl (C=O) groups is 2. The maximum Gasteiger partial charge on any atom is 0.309 e. The van der Waals surface area contributed by atoms with Gasteiger partial charge in [-0.15, -0.1) is 0 Å². The van der Waals surface area contributed by atoms with Crippen LogP contribution in [0.25, 0.3) is 0 Å². The van der Waals surface area contributed by atoms with Crippen LogP contribution in [0, 0.1) is 0 Å². The van der Waals surface area contributed by atoms with E-state index in [4.69, 9.17) is 5.73 Å². The van der Waals surface area contributed by atoms with Gasteiger partial charge >= 0.3 is 11.8 Å². The zero-order valence-electron chi connectivity index (χ0n) is 7.92. The molecule has 4 N–H and O–H groups in total. The van der Waals surface area contributed by atoms with E-state index in [0.29, 0.717) is 0 Å². The van der Waals surface area contributed by atoms with Crippen LogP contribution in [-0.4, -0.2) is 28.9 Å². The Hall–Kier alpha value is -1.17. The normalized spacial score (nSPS) is 16.9. The molecule has 14 heavy (non-hydrogen) atoms. The molecule has 0 saturated heterocycles. The first-order valence-electron chi connectivity index (χ1n) is 4.32. The molecule has 0 unspecified atom stereocenters. The topological polar surface area (TPSA) is 84.2 Å². The van der Waals surface area contributed by atoms with Crippen LogP contribution in [0.3, 0.4) is 0 Å². The number of nitrogens with two attached hydrogens (primary N) is 1. The number of carbonyl (C=O) groups excluding carboxylic acids is 2. The zero-order valence-corrected chi connectivity index (χ0v) is 8.74. The second-order valence-corrected chi connectivity index (χ2v) is 4.19. The minimum absolute atomic E-state index is 0.0539. The average Bonchev–Trinajstić information content (AvgIpc) is 2.78. The second-order valence-electron chi connectivity index (χ2n) is 3.66. The molecule has 0 aromatic heterocycles. The van der Waals surface area contributed by atoms with E-state index in [0.717, 1.165) is 12.8 Å². The molecule has 1 rings (SSSR count). The molecule has 0 aromatic rings. The Balaban J connectivity index is 2.29. The maximum atomic E-state index is 11.2. The van der Waals surface area contributed by atoms with Gasteiger partial charge in [0.15, 0.2) is 0 Å². The van der Waals surface area contributed by atoms with Gasteiger partial charge in [-0.3, -0.25) is 9.59 Å². The number of hydrogen-bond acceptors (Lipinski definition) is 3. The van der Waals surface area contributed by atoms with E-state index in [1.165, 1.54) is 0 Å². The van der Waals surface area contributed by atoms with Crippen molar-refractivity contribution in [1.29, 1.82) is 0 Å². The van der Waals surface area contributed by atoms with Crippen LogP contribution < -0.4 is 16.4 Å². The van der Waals surface area contributed by atoms with Crippen LogP contribution in [0.5, 0.6) is 0 Å². The van der Waals surface area contributed by atoms with Crippen LogP contribution in [0.2, 0.25) is 0 Å². The van der Waals surface area contributed by atoms with E-state index in [1.807, 2.05) is 6.92 Å². The summed E-state index contributed by atoms with van der Waals surface area (Å²) in [5, 5.41) is 4.93. The number of amides is 2. The van der Waals surface area contributed by atoms with Crippen molar-refractivity contribution in [3.8, 4) is 0 Å². The monoisotopic (exact) mass is 215 g/mol. The van der Waals surface area contributed by atoms with Crippen molar-refractivity contribution in [1.82, 2.24) is 10.6 Å². The Morgan fingerprint density at radius 1 is 1.43 bits per heavy atom. The second kappa shape index (κ2) is 3.91. The largest absolute Gasteiger partial charge is 0.392 e. The van der Waals surface area contributed by atoms with Crippen molar-refractivity contribution in [3.63, 3.8) is 0 Å². The number of hydrogen-bond donors (Lipinski definition) is 3. The van der Waals surface area contributed by atoms with Crippen LogP contribution in [0.1, 0.15) is 19.8 Å². The third kappa shape index (κ3) is 3.29. The molecule has 5 nitrogen and oxygen atoms in total. The molecule has 1 aliphatic rings. The van der Waals surface area contributed by atoms with Crippen LogP contribution >= 0.6 is 12.2 Å². The Kier molecular flexibility index (Phi) is 3.05. The molecule has 0 radical (unpaired) electrons. The third-order valence-corrected chi connectivity index (χ3v) is 2.19. The van der Waals surface area contributed by atoms with Gasteiger partial charge in [-0.2, -0.15) is 0 Å². The highest BCUT2D eigenvalue weighted by atomic mass is 32.1. The summed E-state index contributed by atoms with van der Waals surface area (Å²) in [5.41, 5.74) is 4.98. The first kappa shape index (κ1) is 10.9. The van der Waals surface area contributed by atoms with Crippen LogP contribution in [-0.2, 0) is 9.59 Å². The Labute approximate surface area is 87.4 Å². The molecular formula is C8H13N3O2S. The fourth-order valence-electron chi connectivity index (χ4n) is 0.891. The Bertz CT molecular complexity index is 286. The molecule has 0 aliphatic heterocycles. The van der Waals surface area contributed by atoms with Gasteiger partial charge < -0.3 is 16.4 Å². The molecule has 0 bridgehead atoms. The zero-order chi connectivity index (χ0) is 10.8. The van der Waals surface area contributed by atoms with Crippen molar-refractivity contribution in [2.45, 2.75) is 25.3 Å². The molecule has 6 heteroatoms. The molecule has 1 fully saturated rings. The summed E-state index contributed by atoms with van der Waals surface area (Å²) in [4.78, 5) is 22.5. The van der Waals surface area contributed by atoms with Gasteiger partial charge in [0.05, 0.1) is 11.5 Å². The lowest BCUT2D eigenvalue weighted by molar-refractivity contribution is -0.139. The summed E-state index contributed by atoms with van der Waals surface area (Å²) in [7, 11) is 0. The highest BCUT2D eigenvalue weighted by molar-refractivity contribution is 7.80. The quantitative estimate of drug-likeness (QED) is 0.419. The molecule has 0 aromatic carbocycles. The van der Waals surface area contributed by atoms with Crippen molar-refractivity contribution in [3.05, 3.63) is 0 Å². The molecule has 0 spiro atoms. The van der Waals surface area contributed by atoms with E-state index < -0.39 is 11.8 Å². The van der Waals surface area contributed by atoms with Crippen molar-refractivity contribution in [2.24, 2.45) is 5.73 Å². The maximum absolute atomic E-state index is 11.2. The highest BCUT2D eigenvalue weighted by Crippen LogP contribution is 2.33. The molecular weight excluding hydrogens is 202 g/mol. The van der Waals surface area contributed by atoms with Crippen LogP contribution in [0.15, 0.2) is 0 Å². The summed E-state index contributed by atoms with van der Waals surface area (Å²) in [6.07, 6.45) is 1.84. The first-order valence-corrected chi connectivity index (χ1v) is 4.72. The van der Waals surface area contributed by atoms with Gasteiger partial charge in [-0.05, 0) is 19.8 Å². The summed E-state index contributed by atoms with van der Waals surface area (Å²) in [6.45, 7) is 1.95. The van der Waals surface area contributed by atoms with E-state index in [-0.39, 0.29) is 17.1 Å². The smallest absolute Gasteiger partial charge is 0.309 e. The van der Waals surface area contributed by atoms with Gasteiger partial charge in [0.25, 0.3) is 0 Å². The van der Waals surface area contributed by atoms with Gasteiger partial charge in [0.1, 0.15) is 0 Å². The SMILES string of the molecule is CC1(NC(=O)C(=O)NCC(N)=S)CC1. The summed E-state index contributed by atoms with van der Waals surface area (Å²) in [6, 6.07) is 0. The lowest BCUT2D eigenvalue weighted by atomic mass is 10.3. The minimum atomic E-state index is -0.689. The van der Waals surface area contributed by atoms with Crippen LogP contribution in [0.4, 0.5) is 0 Å². The standard InChI is InChI=1S/C8H13N3O2S/c1-8(2-3-8)11-7(13)6(12)10-4-5(9)14/h2-4H2,1H3,(H2,9,14)(H,10,12)(H,11,13). The van der Waals surface area contributed by atoms with Crippen molar-refractivity contribution in [2.75, 3.05) is 6.54 Å². The molecule has 0 heterocycles. The van der Waals surface area contributed by atoms with E-state index in [9.17, 15) is 9.59 Å². The van der Waals surface area contributed by atoms with Gasteiger partial charge in [0.2, 0.25) is 0 Å². The van der Waals surface area contributed by atoms with Gasteiger partial charge in [-0.25, -0.2) is 0 Å². The van der Waals surface area contributed by atoms with Gasteiger partial charge in [-0.1, -0.05) is 12.2 Å². The highest BCUT2D eigenvalue weighted by Gasteiger charge is 2.39. The van der Waals surface area contributed by atoms with Crippen molar-refractivity contribution < 1.29 is 9.59 Å². The predicted octanol–water partition coefficient (Wildman–Crippen LogP) is -0.943. The lowest BCUT2D eigenvalue weighted by Gasteiger charge is -2.10. The van der Waals surface area contributed by atoms with E-state index >= 15 is 0 Å².